The van der Waals surface area contributed by atoms with Crippen molar-refractivity contribution in [1.82, 2.24) is 0 Å². The van der Waals surface area contributed by atoms with E-state index in [1.54, 1.807) is 24.3 Å². The molecule has 0 unspecified atom stereocenters. The number of para-hydroxylation sites is 1. The van der Waals surface area contributed by atoms with Gasteiger partial charge in [0.1, 0.15) is 5.75 Å². The van der Waals surface area contributed by atoms with Crippen molar-refractivity contribution in [3.63, 3.8) is 0 Å². The van der Waals surface area contributed by atoms with Gasteiger partial charge in [-0.2, -0.15) is 0 Å². The molecule has 2 saturated heterocycles. The molecule has 40 heavy (non-hydrogen) atoms. The number of hydrogen-bond acceptors (Lipinski definition) is 7. The van der Waals surface area contributed by atoms with Crippen LogP contribution in [-0.4, -0.2) is 52.3 Å². The van der Waals surface area contributed by atoms with E-state index < -0.39 is 26.1 Å². The molecule has 4 N–H and O–H groups in total. The Morgan fingerprint density at radius 2 is 1.88 bits per heavy atom. The topological polar surface area (TPSA) is 128 Å². The average Bonchev–Trinajstić information content (AvgIpc) is 3.20. The van der Waals surface area contributed by atoms with Crippen LogP contribution < -0.4 is 10.4 Å². The maximum absolute atomic E-state index is 13.8. The maximum atomic E-state index is 13.8. The van der Waals surface area contributed by atoms with Gasteiger partial charge in [-0.25, -0.2) is 0 Å². The zero-order valence-electron chi connectivity index (χ0n) is 22.9. The number of fused-ring (bicyclic) bond motifs is 3. The lowest BCUT2D eigenvalue weighted by Crippen LogP contribution is -2.46. The van der Waals surface area contributed by atoms with Gasteiger partial charge in [-0.05, 0) is 73.6 Å². The SMILES string of the molecule is CCC1=C2[C@@H](CC/C(=C/c3ccccc3O)CC)OB(O)C[C@@H]2[C@@H]2C(=O)N(c3cccc(B(O)O)c3)C(=O)[C@@H]2C1. The zero-order chi connectivity index (χ0) is 28.6. The fraction of sp³-hybridized carbons (Fsp3) is 0.400. The van der Waals surface area contributed by atoms with Gasteiger partial charge in [-0.15, -0.1) is 0 Å². The number of benzene rings is 2. The van der Waals surface area contributed by atoms with Crippen molar-refractivity contribution in [3.05, 3.63) is 70.8 Å². The Morgan fingerprint density at radius 1 is 1.10 bits per heavy atom. The number of carbonyl (C=O) groups excluding carboxylic acids is 2. The van der Waals surface area contributed by atoms with E-state index in [0.29, 0.717) is 31.4 Å². The summed E-state index contributed by atoms with van der Waals surface area (Å²) in [4.78, 5) is 28.6. The van der Waals surface area contributed by atoms with Crippen molar-refractivity contribution in [2.75, 3.05) is 4.90 Å². The molecular formula is C30H35B2NO7. The van der Waals surface area contributed by atoms with Gasteiger partial charge in [0.2, 0.25) is 11.8 Å². The highest BCUT2D eigenvalue weighted by molar-refractivity contribution is 6.58. The first-order valence-electron chi connectivity index (χ1n) is 14.1. The predicted molar refractivity (Wildman–Crippen MR) is 154 cm³/mol. The van der Waals surface area contributed by atoms with Crippen LogP contribution in [0.15, 0.2) is 65.3 Å². The second-order valence-corrected chi connectivity index (χ2v) is 10.9. The summed E-state index contributed by atoms with van der Waals surface area (Å²) in [5, 5.41) is 40.2. The Hall–Kier alpha value is -3.17. The molecule has 0 radical (unpaired) electrons. The van der Waals surface area contributed by atoms with Gasteiger partial charge in [0.25, 0.3) is 0 Å². The lowest BCUT2D eigenvalue weighted by Gasteiger charge is -2.43. The van der Waals surface area contributed by atoms with E-state index in [2.05, 4.69) is 6.92 Å². The first-order chi connectivity index (χ1) is 19.2. The van der Waals surface area contributed by atoms with Crippen LogP contribution in [0.2, 0.25) is 6.32 Å². The lowest BCUT2D eigenvalue weighted by molar-refractivity contribution is -0.122. The normalized spacial score (nSPS) is 24.9. The number of phenols is 1. The van der Waals surface area contributed by atoms with Gasteiger partial charge in [0.15, 0.2) is 0 Å². The highest BCUT2D eigenvalue weighted by Gasteiger charge is 2.57. The molecule has 2 aromatic carbocycles. The quantitative estimate of drug-likeness (QED) is 0.229. The van der Waals surface area contributed by atoms with E-state index >= 15 is 0 Å². The molecule has 208 valence electrons. The van der Waals surface area contributed by atoms with Crippen LogP contribution in [0.25, 0.3) is 6.08 Å². The number of allylic oxidation sites excluding steroid dienone is 2. The average molecular weight is 543 g/mol. The van der Waals surface area contributed by atoms with Crippen LogP contribution >= 0.6 is 0 Å². The minimum absolute atomic E-state index is 0.200. The number of rotatable bonds is 8. The number of amides is 2. The fourth-order valence-corrected chi connectivity index (χ4v) is 6.68. The summed E-state index contributed by atoms with van der Waals surface area (Å²) in [6.07, 6.45) is 5.13. The summed E-state index contributed by atoms with van der Waals surface area (Å²) in [5.74, 6) is -1.84. The smallest absolute Gasteiger partial charge is 0.488 e. The molecule has 2 aromatic rings. The van der Waals surface area contributed by atoms with Crippen LogP contribution in [0, 0.1) is 17.8 Å². The maximum Gasteiger partial charge on any atom is 0.488 e. The van der Waals surface area contributed by atoms with Gasteiger partial charge in [0.05, 0.1) is 23.6 Å². The largest absolute Gasteiger partial charge is 0.507 e. The molecule has 0 saturated carbocycles. The number of imide groups is 1. The summed E-state index contributed by atoms with van der Waals surface area (Å²) >= 11 is 0. The minimum Gasteiger partial charge on any atom is -0.507 e. The third-order valence-corrected chi connectivity index (χ3v) is 8.64. The highest BCUT2D eigenvalue weighted by atomic mass is 16.5. The van der Waals surface area contributed by atoms with Crippen molar-refractivity contribution in [2.24, 2.45) is 17.8 Å². The van der Waals surface area contributed by atoms with Gasteiger partial charge in [-0.1, -0.05) is 61.4 Å². The Balaban J connectivity index is 1.43. The molecule has 4 atom stereocenters. The molecule has 2 aliphatic heterocycles. The van der Waals surface area contributed by atoms with E-state index in [4.69, 9.17) is 4.65 Å². The van der Waals surface area contributed by atoms with Gasteiger partial charge in [-0.3, -0.25) is 14.5 Å². The van der Waals surface area contributed by atoms with E-state index in [9.17, 15) is 29.8 Å². The summed E-state index contributed by atoms with van der Waals surface area (Å²) in [7, 11) is -2.76. The Kier molecular flexibility index (Phi) is 8.33. The summed E-state index contributed by atoms with van der Waals surface area (Å²) in [5.41, 5.74) is 4.55. The van der Waals surface area contributed by atoms with Crippen molar-refractivity contribution < 1.29 is 34.4 Å². The van der Waals surface area contributed by atoms with E-state index in [-0.39, 0.29) is 41.4 Å². The van der Waals surface area contributed by atoms with Crippen LogP contribution in [0.1, 0.15) is 51.5 Å². The van der Waals surface area contributed by atoms with E-state index in [1.165, 1.54) is 17.0 Å². The monoisotopic (exact) mass is 543 g/mol. The molecule has 8 nitrogen and oxygen atoms in total. The van der Waals surface area contributed by atoms with Crippen LogP contribution in [0.5, 0.6) is 5.75 Å². The summed E-state index contributed by atoms with van der Waals surface area (Å²) < 4.78 is 6.08. The third-order valence-electron chi connectivity index (χ3n) is 8.64. The minimum atomic E-state index is -1.71. The van der Waals surface area contributed by atoms with Gasteiger partial charge >= 0.3 is 14.2 Å². The number of aromatic hydroxyl groups is 1. The summed E-state index contributed by atoms with van der Waals surface area (Å²) in [6, 6.07) is 13.4. The van der Waals surface area contributed by atoms with Crippen LogP contribution in [0.4, 0.5) is 5.69 Å². The molecular weight excluding hydrogens is 508 g/mol. The van der Waals surface area contributed by atoms with Crippen molar-refractivity contribution in [1.29, 1.82) is 0 Å². The second kappa shape index (κ2) is 11.7. The number of anilines is 1. The molecule has 5 rings (SSSR count). The Bertz CT molecular complexity index is 1360. The van der Waals surface area contributed by atoms with E-state index in [0.717, 1.165) is 28.7 Å². The molecule has 3 aliphatic rings. The zero-order valence-corrected chi connectivity index (χ0v) is 22.9. The number of phenolic OH excluding ortho intramolecular Hbond substituents is 1. The number of nitrogens with zero attached hydrogens (tertiary/aromatic N) is 1. The van der Waals surface area contributed by atoms with Crippen molar-refractivity contribution in [2.45, 2.75) is 58.4 Å². The highest BCUT2D eigenvalue weighted by Crippen LogP contribution is 2.51. The fourth-order valence-electron chi connectivity index (χ4n) is 6.68. The first-order valence-corrected chi connectivity index (χ1v) is 14.1. The number of hydrogen-bond donors (Lipinski definition) is 4. The Morgan fingerprint density at radius 3 is 2.58 bits per heavy atom. The Labute approximate surface area is 235 Å². The first kappa shape index (κ1) is 28.4. The predicted octanol–water partition coefficient (Wildman–Crippen LogP) is 3.06. The second-order valence-electron chi connectivity index (χ2n) is 10.9. The standard InChI is InChI=1S/C30H35B2NO7/c1-3-18(14-20-8-5-6-11-25(20)34)12-13-26-27-19(4-2)15-23-28(24(27)17-31(37)40-26)30(36)33(29(23)35)22-10-7-9-21(16-22)32(38)39/h5-11,14,16,23-24,26,28,34,37-39H,3-4,12-13,15,17H2,1-2H3/b18-14+/t23-,24+,26-,28-/m1/s1. The van der Waals surface area contributed by atoms with Crippen molar-refractivity contribution in [3.8, 4) is 5.75 Å². The molecule has 2 heterocycles. The van der Waals surface area contributed by atoms with Crippen molar-refractivity contribution >= 4 is 43.3 Å². The molecule has 0 aromatic heterocycles. The van der Waals surface area contributed by atoms with Crippen LogP contribution in [-0.2, 0) is 14.2 Å². The molecule has 1 aliphatic carbocycles. The third kappa shape index (κ3) is 5.29. The molecule has 0 spiro atoms. The van der Waals surface area contributed by atoms with Gasteiger partial charge < -0.3 is 24.8 Å². The van der Waals surface area contributed by atoms with Gasteiger partial charge in [0, 0.05) is 5.56 Å². The molecule has 2 amide bonds. The van der Waals surface area contributed by atoms with E-state index in [1.807, 2.05) is 25.1 Å². The molecule has 0 bridgehead atoms. The van der Waals surface area contributed by atoms with Crippen LogP contribution in [0.3, 0.4) is 0 Å². The molecule has 2 fully saturated rings. The molecule has 10 heteroatoms. The summed E-state index contributed by atoms with van der Waals surface area (Å²) in [6.45, 7) is 4.11. The lowest BCUT2D eigenvalue weighted by atomic mass is 9.58. The number of carbonyl (C=O) groups is 2.